The molecule has 9 heteroatoms. The third-order valence-corrected chi connectivity index (χ3v) is 5.16. The third kappa shape index (κ3) is 5.13. The summed E-state index contributed by atoms with van der Waals surface area (Å²) in [6.07, 6.45) is 2.57. The molecular weight excluding hydrogens is 408 g/mol. The van der Waals surface area contributed by atoms with Gasteiger partial charge in [-0.3, -0.25) is 9.59 Å². The molecule has 0 spiro atoms. The highest BCUT2D eigenvalue weighted by Crippen LogP contribution is 2.21. The molecule has 3 heterocycles. The average Bonchev–Trinajstić information content (AvgIpc) is 2.75. The van der Waals surface area contributed by atoms with Gasteiger partial charge in [-0.15, -0.1) is 0 Å². The SMILES string of the molecule is CCOC(=O)c1ccc(C(=O)N2CCC(C(=O)Nc3ccc(Cl)cn3)CC2)nc1C. The van der Waals surface area contributed by atoms with Crippen LogP contribution in [0.5, 0.6) is 0 Å². The minimum absolute atomic E-state index is 0.121. The summed E-state index contributed by atoms with van der Waals surface area (Å²) in [4.78, 5) is 47.1. The van der Waals surface area contributed by atoms with E-state index in [4.69, 9.17) is 16.3 Å². The highest BCUT2D eigenvalue weighted by atomic mass is 35.5. The molecule has 1 N–H and O–H groups in total. The molecule has 3 rings (SSSR count). The van der Waals surface area contributed by atoms with E-state index in [-0.39, 0.29) is 30.0 Å². The number of ether oxygens (including phenoxy) is 1. The van der Waals surface area contributed by atoms with Gasteiger partial charge in [-0.2, -0.15) is 0 Å². The zero-order chi connectivity index (χ0) is 21.7. The van der Waals surface area contributed by atoms with E-state index in [1.807, 2.05) is 0 Å². The number of carbonyl (C=O) groups excluding carboxylic acids is 3. The zero-order valence-corrected chi connectivity index (χ0v) is 17.6. The Balaban J connectivity index is 1.57. The van der Waals surface area contributed by atoms with Gasteiger partial charge in [0.25, 0.3) is 5.91 Å². The van der Waals surface area contributed by atoms with E-state index in [9.17, 15) is 14.4 Å². The van der Waals surface area contributed by atoms with Crippen molar-refractivity contribution < 1.29 is 19.1 Å². The molecule has 0 unspecified atom stereocenters. The molecule has 2 aromatic rings. The molecule has 1 aliphatic heterocycles. The lowest BCUT2D eigenvalue weighted by Gasteiger charge is -2.31. The topological polar surface area (TPSA) is 101 Å². The molecule has 1 saturated heterocycles. The van der Waals surface area contributed by atoms with Crippen LogP contribution in [0.2, 0.25) is 5.02 Å². The minimum atomic E-state index is -0.455. The second kappa shape index (κ2) is 9.67. The number of likely N-dealkylation sites (tertiary alicyclic amines) is 1. The molecule has 158 valence electrons. The van der Waals surface area contributed by atoms with Gasteiger partial charge in [0.2, 0.25) is 5.91 Å². The lowest BCUT2D eigenvalue weighted by Crippen LogP contribution is -2.41. The van der Waals surface area contributed by atoms with Crippen LogP contribution >= 0.6 is 11.6 Å². The Kier molecular flexibility index (Phi) is 6.99. The van der Waals surface area contributed by atoms with Crippen molar-refractivity contribution >= 4 is 35.2 Å². The van der Waals surface area contributed by atoms with Crippen molar-refractivity contribution in [3.63, 3.8) is 0 Å². The van der Waals surface area contributed by atoms with Crippen LogP contribution in [0.15, 0.2) is 30.5 Å². The summed E-state index contributed by atoms with van der Waals surface area (Å²) in [6, 6.07) is 6.40. The van der Waals surface area contributed by atoms with Crippen LogP contribution < -0.4 is 5.32 Å². The maximum atomic E-state index is 12.8. The molecule has 2 aromatic heterocycles. The van der Waals surface area contributed by atoms with Crippen molar-refractivity contribution in [3.8, 4) is 0 Å². The second-order valence-corrected chi connectivity index (χ2v) is 7.40. The number of piperidine rings is 1. The Morgan fingerprint density at radius 2 is 1.93 bits per heavy atom. The number of nitrogens with zero attached hydrogens (tertiary/aromatic N) is 3. The molecular formula is C21H23ClN4O4. The number of anilines is 1. The number of esters is 1. The van der Waals surface area contributed by atoms with Gasteiger partial charge in [0, 0.05) is 25.2 Å². The zero-order valence-electron chi connectivity index (χ0n) is 16.9. The van der Waals surface area contributed by atoms with Gasteiger partial charge in [-0.05, 0) is 51.0 Å². The second-order valence-electron chi connectivity index (χ2n) is 6.97. The first-order valence-corrected chi connectivity index (χ1v) is 10.1. The third-order valence-electron chi connectivity index (χ3n) is 4.93. The predicted molar refractivity (Wildman–Crippen MR) is 111 cm³/mol. The number of nitrogens with one attached hydrogen (secondary N) is 1. The van der Waals surface area contributed by atoms with Gasteiger partial charge >= 0.3 is 5.97 Å². The van der Waals surface area contributed by atoms with Gasteiger partial charge < -0.3 is 15.0 Å². The molecule has 0 radical (unpaired) electrons. The maximum absolute atomic E-state index is 12.8. The van der Waals surface area contributed by atoms with Crippen molar-refractivity contribution in [1.29, 1.82) is 0 Å². The van der Waals surface area contributed by atoms with E-state index in [2.05, 4.69) is 15.3 Å². The predicted octanol–water partition coefficient (Wildman–Crippen LogP) is 3.11. The number of aryl methyl sites for hydroxylation is 1. The maximum Gasteiger partial charge on any atom is 0.339 e. The van der Waals surface area contributed by atoms with Crippen LogP contribution in [0.4, 0.5) is 5.82 Å². The normalized spacial score (nSPS) is 14.3. The lowest BCUT2D eigenvalue weighted by molar-refractivity contribution is -0.121. The largest absolute Gasteiger partial charge is 0.462 e. The molecule has 0 aromatic carbocycles. The molecule has 2 amide bonds. The van der Waals surface area contributed by atoms with E-state index in [1.54, 1.807) is 36.9 Å². The summed E-state index contributed by atoms with van der Waals surface area (Å²) in [5, 5.41) is 3.28. The van der Waals surface area contributed by atoms with Crippen molar-refractivity contribution in [1.82, 2.24) is 14.9 Å². The van der Waals surface area contributed by atoms with Crippen LogP contribution in [0, 0.1) is 12.8 Å². The van der Waals surface area contributed by atoms with Crippen LogP contribution in [-0.4, -0.2) is 52.3 Å². The molecule has 30 heavy (non-hydrogen) atoms. The first kappa shape index (κ1) is 21.7. The van der Waals surface area contributed by atoms with Crippen LogP contribution in [0.25, 0.3) is 0 Å². The van der Waals surface area contributed by atoms with Gasteiger partial charge in [0.1, 0.15) is 11.5 Å². The minimum Gasteiger partial charge on any atom is -0.462 e. The fourth-order valence-electron chi connectivity index (χ4n) is 3.29. The number of hydrogen-bond acceptors (Lipinski definition) is 6. The van der Waals surface area contributed by atoms with E-state index in [0.29, 0.717) is 48.0 Å². The number of aromatic nitrogens is 2. The summed E-state index contributed by atoms with van der Waals surface area (Å²) >= 11 is 5.80. The molecule has 8 nitrogen and oxygen atoms in total. The Labute approximate surface area is 179 Å². The van der Waals surface area contributed by atoms with Gasteiger partial charge in [-0.1, -0.05) is 11.6 Å². The summed E-state index contributed by atoms with van der Waals surface area (Å²) < 4.78 is 4.98. The number of amides is 2. The fourth-order valence-corrected chi connectivity index (χ4v) is 3.40. The van der Waals surface area contributed by atoms with Crippen molar-refractivity contribution in [2.45, 2.75) is 26.7 Å². The quantitative estimate of drug-likeness (QED) is 0.731. The molecule has 1 aliphatic rings. The Bertz CT molecular complexity index is 941. The highest BCUT2D eigenvalue weighted by molar-refractivity contribution is 6.30. The number of carbonyl (C=O) groups is 3. The van der Waals surface area contributed by atoms with Crippen LogP contribution in [0.3, 0.4) is 0 Å². The molecule has 0 aliphatic carbocycles. The van der Waals surface area contributed by atoms with E-state index in [1.165, 1.54) is 12.3 Å². The Morgan fingerprint density at radius 3 is 2.53 bits per heavy atom. The average molecular weight is 431 g/mol. The number of hydrogen-bond donors (Lipinski definition) is 1. The summed E-state index contributed by atoms with van der Waals surface area (Å²) in [5.74, 6) is -0.545. The van der Waals surface area contributed by atoms with Crippen LogP contribution in [-0.2, 0) is 9.53 Å². The number of pyridine rings is 2. The standard InChI is InChI=1S/C21H23ClN4O4/c1-3-30-21(29)16-5-6-17(24-13(16)2)20(28)26-10-8-14(9-11-26)19(27)25-18-7-4-15(22)12-23-18/h4-7,12,14H,3,8-11H2,1-2H3,(H,23,25,27). The molecule has 0 bridgehead atoms. The molecule has 0 atom stereocenters. The summed E-state index contributed by atoms with van der Waals surface area (Å²) in [6.45, 7) is 4.57. The first-order valence-electron chi connectivity index (χ1n) is 9.75. The van der Waals surface area contributed by atoms with E-state index in [0.717, 1.165) is 0 Å². The number of halogens is 1. The Hall–Kier alpha value is -3.00. The van der Waals surface area contributed by atoms with Crippen LogP contribution in [0.1, 0.15) is 46.3 Å². The van der Waals surface area contributed by atoms with Gasteiger partial charge in [-0.25, -0.2) is 14.8 Å². The highest BCUT2D eigenvalue weighted by Gasteiger charge is 2.29. The van der Waals surface area contributed by atoms with Gasteiger partial charge in [0.05, 0.1) is 22.9 Å². The Morgan fingerprint density at radius 1 is 1.20 bits per heavy atom. The van der Waals surface area contributed by atoms with E-state index < -0.39 is 5.97 Å². The monoisotopic (exact) mass is 430 g/mol. The smallest absolute Gasteiger partial charge is 0.339 e. The molecule has 0 saturated carbocycles. The van der Waals surface area contributed by atoms with Gasteiger partial charge in [0.15, 0.2) is 0 Å². The summed E-state index contributed by atoms with van der Waals surface area (Å²) in [5.41, 5.74) is 1.07. The van der Waals surface area contributed by atoms with Crippen molar-refractivity contribution in [2.75, 3.05) is 25.0 Å². The van der Waals surface area contributed by atoms with Crippen molar-refractivity contribution in [3.05, 3.63) is 52.4 Å². The lowest BCUT2D eigenvalue weighted by atomic mass is 9.95. The number of rotatable bonds is 5. The van der Waals surface area contributed by atoms with E-state index >= 15 is 0 Å². The van der Waals surface area contributed by atoms with Crippen molar-refractivity contribution in [2.24, 2.45) is 5.92 Å². The first-order chi connectivity index (χ1) is 14.4. The molecule has 1 fully saturated rings. The summed E-state index contributed by atoms with van der Waals surface area (Å²) in [7, 11) is 0. The fraction of sp³-hybridized carbons (Fsp3) is 0.381.